The summed E-state index contributed by atoms with van der Waals surface area (Å²) >= 11 is 0. The number of methoxy groups -OCH3 is 1. The van der Waals surface area contributed by atoms with E-state index in [-0.39, 0.29) is 5.91 Å². The summed E-state index contributed by atoms with van der Waals surface area (Å²) in [6, 6.07) is 15.8. The first-order valence-corrected chi connectivity index (χ1v) is 8.77. The summed E-state index contributed by atoms with van der Waals surface area (Å²) in [5.74, 6) is 0.0442. The number of benzene rings is 2. The summed E-state index contributed by atoms with van der Waals surface area (Å²) in [7, 11) is 1.32. The topological polar surface area (TPSA) is 68.2 Å². The number of carbonyl (C=O) groups is 2. The fourth-order valence-corrected chi connectivity index (χ4v) is 3.00. The van der Waals surface area contributed by atoms with Gasteiger partial charge in [-0.2, -0.15) is 0 Å². The first kappa shape index (κ1) is 18.6. The van der Waals surface area contributed by atoms with Crippen molar-refractivity contribution >= 4 is 18.1 Å². The molecule has 0 aromatic heterocycles. The Bertz CT molecular complexity index is 818. The molecule has 27 heavy (non-hydrogen) atoms. The molecule has 1 aliphatic heterocycles. The highest BCUT2D eigenvalue weighted by Crippen LogP contribution is 2.30. The summed E-state index contributed by atoms with van der Waals surface area (Å²) in [5.41, 5.74) is 1.75. The monoisotopic (exact) mass is 366 g/mol. The minimum Gasteiger partial charge on any atom is -0.489 e. The third kappa shape index (κ3) is 4.16. The van der Waals surface area contributed by atoms with Gasteiger partial charge in [0.05, 0.1) is 13.7 Å². The highest BCUT2D eigenvalue weighted by Gasteiger charge is 2.44. The number of likely N-dealkylation sites (tertiary alicyclic amines) is 1. The minimum atomic E-state index is -0.769. The van der Waals surface area contributed by atoms with Gasteiger partial charge in [0.25, 0.3) is 0 Å². The zero-order chi connectivity index (χ0) is 19.2. The van der Waals surface area contributed by atoms with Crippen LogP contribution in [0.2, 0.25) is 0 Å². The predicted molar refractivity (Wildman–Crippen MR) is 102 cm³/mol. The molecule has 0 N–H and O–H groups in total. The van der Waals surface area contributed by atoms with Crippen molar-refractivity contribution in [2.24, 2.45) is 4.99 Å². The van der Waals surface area contributed by atoms with Gasteiger partial charge in [-0.15, -0.1) is 0 Å². The number of aliphatic imine (C=N–C) groups is 1. The van der Waals surface area contributed by atoms with Gasteiger partial charge in [0.15, 0.2) is 6.04 Å². The second-order valence-corrected chi connectivity index (χ2v) is 6.18. The maximum atomic E-state index is 12.3. The lowest BCUT2D eigenvalue weighted by Crippen LogP contribution is -2.58. The van der Waals surface area contributed by atoms with Gasteiger partial charge >= 0.3 is 5.97 Å². The normalized spacial score (nSPS) is 17.5. The molecule has 0 bridgehead atoms. The molecule has 0 spiro atoms. The third-order valence-electron chi connectivity index (χ3n) is 4.45. The van der Waals surface area contributed by atoms with Crippen LogP contribution in [0.3, 0.4) is 0 Å². The molecule has 6 nitrogen and oxygen atoms in total. The molecule has 140 valence electrons. The van der Waals surface area contributed by atoms with E-state index in [1.807, 2.05) is 30.3 Å². The van der Waals surface area contributed by atoms with Crippen LogP contribution < -0.4 is 4.74 Å². The Kier molecular flexibility index (Phi) is 5.86. The quantitative estimate of drug-likeness (QED) is 0.429. The van der Waals surface area contributed by atoms with Gasteiger partial charge in [0, 0.05) is 0 Å². The van der Waals surface area contributed by atoms with Gasteiger partial charge in [-0.25, -0.2) is 4.79 Å². The molecule has 0 saturated carbocycles. The van der Waals surface area contributed by atoms with Gasteiger partial charge < -0.3 is 14.4 Å². The van der Waals surface area contributed by atoms with Crippen molar-refractivity contribution in [3.05, 3.63) is 65.7 Å². The zero-order valence-corrected chi connectivity index (χ0v) is 15.4. The number of carbonyl (C=O) groups excluding carboxylic acids is 2. The maximum absolute atomic E-state index is 12.3. The summed E-state index contributed by atoms with van der Waals surface area (Å²) in [6.45, 7) is 2.62. The van der Waals surface area contributed by atoms with E-state index < -0.39 is 18.1 Å². The Morgan fingerprint density at radius 2 is 1.93 bits per heavy atom. The van der Waals surface area contributed by atoms with E-state index in [2.05, 4.69) is 4.99 Å². The molecular formula is C21H22N2O4. The number of hydrogen-bond acceptors (Lipinski definition) is 5. The fraction of sp³-hybridized carbons (Fsp3) is 0.286. The van der Waals surface area contributed by atoms with Crippen LogP contribution in [-0.2, 0) is 20.9 Å². The number of nitrogens with zero attached hydrogens (tertiary/aromatic N) is 2. The van der Waals surface area contributed by atoms with E-state index in [1.165, 1.54) is 12.0 Å². The SMILES string of the molecule is C/C=N\[C@H]1CN(C(C(=O)OC)c2ccc(OCc3ccccc3)cc2)C1=O. The second kappa shape index (κ2) is 8.49. The molecule has 0 aliphatic carbocycles. The average Bonchev–Trinajstić information content (AvgIpc) is 2.72. The van der Waals surface area contributed by atoms with Crippen molar-refractivity contribution in [2.75, 3.05) is 13.7 Å². The molecule has 2 aromatic rings. The minimum absolute atomic E-state index is 0.173. The lowest BCUT2D eigenvalue weighted by molar-refractivity contribution is -0.160. The van der Waals surface area contributed by atoms with Crippen LogP contribution >= 0.6 is 0 Å². The summed E-state index contributed by atoms with van der Waals surface area (Å²) in [5, 5.41) is 0. The molecule has 6 heteroatoms. The van der Waals surface area contributed by atoms with E-state index >= 15 is 0 Å². The van der Waals surface area contributed by atoms with Crippen molar-refractivity contribution < 1.29 is 19.1 Å². The van der Waals surface area contributed by atoms with Crippen LogP contribution in [0, 0.1) is 0 Å². The standard InChI is InChI=1S/C21H22N2O4/c1-3-22-18-13-23(20(18)24)19(21(25)26-2)16-9-11-17(12-10-16)27-14-15-7-5-4-6-8-15/h3-12,18-19H,13-14H2,1-2H3/b22-3-/t18-,19?/m0/s1. The number of β-lactam (4-membered cyclic amide) rings is 1. The van der Waals surface area contributed by atoms with Gasteiger partial charge in [-0.05, 0) is 36.4 Å². The van der Waals surface area contributed by atoms with Crippen molar-refractivity contribution in [3.63, 3.8) is 0 Å². The van der Waals surface area contributed by atoms with Crippen LogP contribution in [0.4, 0.5) is 0 Å². The number of rotatable bonds is 7. The zero-order valence-electron chi connectivity index (χ0n) is 15.4. The van der Waals surface area contributed by atoms with E-state index in [4.69, 9.17) is 9.47 Å². The molecule has 1 aliphatic rings. The van der Waals surface area contributed by atoms with E-state index in [1.54, 1.807) is 37.4 Å². The molecule has 1 heterocycles. The van der Waals surface area contributed by atoms with Gasteiger partial charge in [-0.3, -0.25) is 9.79 Å². The molecule has 0 radical (unpaired) electrons. The molecule has 3 rings (SSSR count). The average molecular weight is 366 g/mol. The highest BCUT2D eigenvalue weighted by molar-refractivity contribution is 5.93. The molecule has 1 saturated heterocycles. The van der Waals surface area contributed by atoms with Crippen LogP contribution in [0.15, 0.2) is 59.6 Å². The van der Waals surface area contributed by atoms with Crippen molar-refractivity contribution in [1.29, 1.82) is 0 Å². The van der Waals surface area contributed by atoms with Crippen LogP contribution in [0.25, 0.3) is 0 Å². The number of esters is 1. The Balaban J connectivity index is 1.70. The summed E-state index contributed by atoms with van der Waals surface area (Å²) in [6.07, 6.45) is 1.60. The lowest BCUT2D eigenvalue weighted by Gasteiger charge is -2.40. The van der Waals surface area contributed by atoms with Crippen LogP contribution in [0.5, 0.6) is 5.75 Å². The highest BCUT2D eigenvalue weighted by atomic mass is 16.5. The van der Waals surface area contributed by atoms with Gasteiger partial charge in [-0.1, -0.05) is 42.5 Å². The molecule has 1 amide bonds. The first-order chi connectivity index (χ1) is 13.1. The molecule has 1 unspecified atom stereocenters. The Morgan fingerprint density at radius 1 is 1.22 bits per heavy atom. The molecule has 1 fully saturated rings. The second-order valence-electron chi connectivity index (χ2n) is 6.18. The third-order valence-corrected chi connectivity index (χ3v) is 4.45. The van der Waals surface area contributed by atoms with Gasteiger partial charge in [0.2, 0.25) is 5.91 Å². The lowest BCUT2D eigenvalue weighted by atomic mass is 9.98. The molecular weight excluding hydrogens is 344 g/mol. The van der Waals surface area contributed by atoms with E-state index in [9.17, 15) is 9.59 Å². The van der Waals surface area contributed by atoms with Crippen molar-refractivity contribution in [1.82, 2.24) is 4.90 Å². The summed E-state index contributed by atoms with van der Waals surface area (Å²) < 4.78 is 10.7. The Hall–Kier alpha value is -3.15. The van der Waals surface area contributed by atoms with Crippen molar-refractivity contribution in [2.45, 2.75) is 25.6 Å². The summed E-state index contributed by atoms with van der Waals surface area (Å²) in [4.78, 5) is 30.2. The molecule has 2 atom stereocenters. The maximum Gasteiger partial charge on any atom is 0.333 e. The van der Waals surface area contributed by atoms with E-state index in [0.717, 1.165) is 5.56 Å². The fourth-order valence-electron chi connectivity index (χ4n) is 3.00. The van der Waals surface area contributed by atoms with Gasteiger partial charge in [0.1, 0.15) is 18.4 Å². The number of amides is 1. The van der Waals surface area contributed by atoms with Crippen LogP contribution in [-0.4, -0.2) is 42.7 Å². The molecule has 2 aromatic carbocycles. The number of hydrogen-bond donors (Lipinski definition) is 0. The Labute approximate surface area is 158 Å². The van der Waals surface area contributed by atoms with E-state index in [0.29, 0.717) is 24.5 Å². The van der Waals surface area contributed by atoms with Crippen molar-refractivity contribution in [3.8, 4) is 5.75 Å². The number of ether oxygens (including phenoxy) is 2. The largest absolute Gasteiger partial charge is 0.489 e. The van der Waals surface area contributed by atoms with Crippen LogP contribution in [0.1, 0.15) is 24.1 Å². The smallest absolute Gasteiger partial charge is 0.333 e. The predicted octanol–water partition coefficient (Wildman–Crippen LogP) is 2.78. The Morgan fingerprint density at radius 3 is 2.52 bits per heavy atom. The first-order valence-electron chi connectivity index (χ1n) is 8.77.